The van der Waals surface area contributed by atoms with Crippen LogP contribution in [0.25, 0.3) is 0 Å². The van der Waals surface area contributed by atoms with Crippen LogP contribution < -0.4 is 4.74 Å². The molecule has 0 saturated carbocycles. The molecule has 1 aliphatic carbocycles. The van der Waals surface area contributed by atoms with E-state index in [4.69, 9.17) is 4.74 Å². The van der Waals surface area contributed by atoms with Gasteiger partial charge < -0.3 is 14.7 Å². The first-order valence-electron chi connectivity index (χ1n) is 9.88. The Morgan fingerprint density at radius 3 is 2.82 bits per heavy atom. The Labute approximate surface area is 164 Å². The number of carbonyl (C=O) groups is 1. The van der Waals surface area contributed by atoms with Gasteiger partial charge in [0.1, 0.15) is 11.6 Å². The second-order valence-electron chi connectivity index (χ2n) is 8.01. The third-order valence-corrected chi connectivity index (χ3v) is 6.25. The molecule has 1 heterocycles. The van der Waals surface area contributed by atoms with Crippen molar-refractivity contribution in [1.29, 1.82) is 0 Å². The summed E-state index contributed by atoms with van der Waals surface area (Å²) in [5.74, 6) is 0.516. The van der Waals surface area contributed by atoms with Crippen LogP contribution in [0.5, 0.6) is 5.75 Å². The average Bonchev–Trinajstić information content (AvgIpc) is 3.23. The van der Waals surface area contributed by atoms with E-state index in [0.29, 0.717) is 12.0 Å². The zero-order valence-electron chi connectivity index (χ0n) is 16.2. The van der Waals surface area contributed by atoms with Crippen LogP contribution >= 0.6 is 0 Å². The summed E-state index contributed by atoms with van der Waals surface area (Å²) in [6, 6.07) is 11.8. The molecular weight excluding hydrogens is 357 g/mol. The van der Waals surface area contributed by atoms with Gasteiger partial charge in [0.05, 0.1) is 13.2 Å². The summed E-state index contributed by atoms with van der Waals surface area (Å²) in [4.78, 5) is 14.7. The van der Waals surface area contributed by atoms with E-state index in [-0.39, 0.29) is 17.0 Å². The molecule has 2 aromatic carbocycles. The number of likely N-dealkylation sites (tertiary alicyclic amines) is 1. The first kappa shape index (κ1) is 19.1. The van der Waals surface area contributed by atoms with E-state index in [2.05, 4.69) is 11.0 Å². The summed E-state index contributed by atoms with van der Waals surface area (Å²) >= 11 is 0. The van der Waals surface area contributed by atoms with Gasteiger partial charge in [-0.05, 0) is 79.9 Å². The summed E-state index contributed by atoms with van der Waals surface area (Å²) in [6.07, 6.45) is 2.58. The number of fused-ring (bicyclic) bond motifs is 2. The Kier molecular flexibility index (Phi) is 5.21. The molecule has 1 fully saturated rings. The van der Waals surface area contributed by atoms with Crippen molar-refractivity contribution in [1.82, 2.24) is 4.90 Å². The smallest absolute Gasteiger partial charge is 0.162 e. The predicted molar refractivity (Wildman–Crippen MR) is 105 cm³/mol. The maximum absolute atomic E-state index is 13.0. The topological polar surface area (TPSA) is 49.8 Å². The molecule has 2 atom stereocenters. The van der Waals surface area contributed by atoms with Gasteiger partial charge in [-0.15, -0.1) is 0 Å². The number of aliphatic hydroxyl groups excluding tert-OH is 1. The van der Waals surface area contributed by atoms with E-state index in [1.54, 1.807) is 19.2 Å². The SMILES string of the molecule is COc1ccc2c(c1)C(O)CC21CCN(CCCC(=O)c2ccc(F)cc2)C1. The van der Waals surface area contributed by atoms with Gasteiger partial charge in [-0.25, -0.2) is 4.39 Å². The van der Waals surface area contributed by atoms with Crippen LogP contribution in [0.2, 0.25) is 0 Å². The monoisotopic (exact) mass is 383 g/mol. The number of halogens is 1. The van der Waals surface area contributed by atoms with Crippen molar-refractivity contribution in [2.24, 2.45) is 0 Å². The Morgan fingerprint density at radius 1 is 1.29 bits per heavy atom. The number of hydrogen-bond acceptors (Lipinski definition) is 4. The second kappa shape index (κ2) is 7.64. The van der Waals surface area contributed by atoms with Crippen molar-refractivity contribution in [3.8, 4) is 5.75 Å². The third kappa shape index (κ3) is 3.56. The fourth-order valence-electron chi connectivity index (χ4n) is 4.80. The molecule has 5 heteroatoms. The number of nitrogens with zero attached hydrogens (tertiary/aromatic N) is 1. The Bertz CT molecular complexity index is 867. The number of ether oxygens (including phenoxy) is 1. The fourth-order valence-corrected chi connectivity index (χ4v) is 4.80. The third-order valence-electron chi connectivity index (χ3n) is 6.25. The van der Waals surface area contributed by atoms with Crippen LogP contribution in [-0.4, -0.2) is 42.5 Å². The molecule has 0 radical (unpaired) electrons. The molecule has 0 aromatic heterocycles. The summed E-state index contributed by atoms with van der Waals surface area (Å²) in [5, 5.41) is 10.6. The lowest BCUT2D eigenvalue weighted by Crippen LogP contribution is -2.30. The molecule has 0 bridgehead atoms. The molecule has 148 valence electrons. The van der Waals surface area contributed by atoms with Crippen LogP contribution in [0.1, 0.15) is 53.3 Å². The molecule has 2 unspecified atom stereocenters. The van der Waals surface area contributed by atoms with Crippen molar-refractivity contribution in [3.63, 3.8) is 0 Å². The van der Waals surface area contributed by atoms with Crippen molar-refractivity contribution in [2.75, 3.05) is 26.7 Å². The molecule has 4 rings (SSSR count). The van der Waals surface area contributed by atoms with Crippen molar-refractivity contribution >= 4 is 5.78 Å². The largest absolute Gasteiger partial charge is 0.497 e. The predicted octanol–water partition coefficient (Wildman–Crippen LogP) is 3.88. The molecule has 2 aliphatic rings. The molecule has 1 saturated heterocycles. The lowest BCUT2D eigenvalue weighted by Gasteiger charge is -2.25. The van der Waals surface area contributed by atoms with Gasteiger partial charge >= 0.3 is 0 Å². The highest BCUT2D eigenvalue weighted by molar-refractivity contribution is 5.95. The lowest BCUT2D eigenvalue weighted by atomic mass is 9.81. The highest BCUT2D eigenvalue weighted by Crippen LogP contribution is 2.50. The molecule has 4 nitrogen and oxygen atoms in total. The van der Waals surface area contributed by atoms with E-state index in [1.807, 2.05) is 12.1 Å². The number of benzene rings is 2. The van der Waals surface area contributed by atoms with Gasteiger partial charge in [0.25, 0.3) is 0 Å². The summed E-state index contributed by atoms with van der Waals surface area (Å²) in [7, 11) is 1.64. The number of ketones is 1. The number of hydrogen-bond donors (Lipinski definition) is 1. The number of Topliss-reactive ketones (excluding diaryl/α,β-unsaturated/α-hetero) is 1. The van der Waals surface area contributed by atoms with Crippen LogP contribution in [0.15, 0.2) is 42.5 Å². The van der Waals surface area contributed by atoms with Crippen molar-refractivity contribution in [3.05, 3.63) is 65.0 Å². The molecule has 2 aromatic rings. The highest BCUT2D eigenvalue weighted by atomic mass is 19.1. The maximum Gasteiger partial charge on any atom is 0.162 e. The van der Waals surface area contributed by atoms with Gasteiger partial charge in [0.2, 0.25) is 0 Å². The van der Waals surface area contributed by atoms with Crippen LogP contribution in [0.4, 0.5) is 4.39 Å². The minimum atomic E-state index is -0.440. The quantitative estimate of drug-likeness (QED) is 0.769. The number of aliphatic hydroxyl groups is 1. The minimum Gasteiger partial charge on any atom is -0.497 e. The first-order valence-corrected chi connectivity index (χ1v) is 9.88. The number of methoxy groups -OCH3 is 1. The maximum atomic E-state index is 13.0. The standard InChI is InChI=1S/C23H26FNO3/c1-28-18-8-9-20-19(13-18)22(27)14-23(20)10-12-25(15-23)11-2-3-21(26)16-4-6-17(24)7-5-16/h4-9,13,22,27H,2-3,10-12,14-15H2,1H3. The first-order chi connectivity index (χ1) is 13.5. The Hall–Kier alpha value is -2.24. The van der Waals surface area contributed by atoms with Gasteiger partial charge in [0.15, 0.2) is 5.78 Å². The van der Waals surface area contributed by atoms with Gasteiger partial charge in [-0.1, -0.05) is 6.07 Å². The highest BCUT2D eigenvalue weighted by Gasteiger charge is 2.47. The van der Waals surface area contributed by atoms with E-state index in [9.17, 15) is 14.3 Å². The molecule has 1 aliphatic heterocycles. The zero-order chi connectivity index (χ0) is 19.7. The van der Waals surface area contributed by atoms with E-state index >= 15 is 0 Å². The van der Waals surface area contributed by atoms with E-state index < -0.39 is 6.10 Å². The van der Waals surface area contributed by atoms with Crippen LogP contribution in [0.3, 0.4) is 0 Å². The average molecular weight is 383 g/mol. The Balaban J connectivity index is 1.35. The minimum absolute atomic E-state index is 0.00197. The second-order valence-corrected chi connectivity index (χ2v) is 8.01. The molecule has 1 N–H and O–H groups in total. The van der Waals surface area contributed by atoms with E-state index in [1.165, 1.54) is 17.7 Å². The molecular formula is C23H26FNO3. The number of rotatable bonds is 6. The lowest BCUT2D eigenvalue weighted by molar-refractivity contribution is 0.0975. The molecule has 0 amide bonds. The fraction of sp³-hybridized carbons (Fsp3) is 0.435. The summed E-state index contributed by atoms with van der Waals surface area (Å²) < 4.78 is 18.3. The van der Waals surface area contributed by atoms with Gasteiger partial charge in [-0.3, -0.25) is 4.79 Å². The van der Waals surface area contributed by atoms with Crippen molar-refractivity contribution < 1.29 is 19.0 Å². The normalized spacial score (nSPS) is 23.9. The summed E-state index contributed by atoms with van der Waals surface area (Å²) in [6.45, 7) is 2.74. The van der Waals surface area contributed by atoms with Crippen molar-refractivity contribution in [2.45, 2.75) is 37.2 Å². The number of carbonyl (C=O) groups excluding carboxylic acids is 1. The van der Waals surface area contributed by atoms with Crippen LogP contribution in [-0.2, 0) is 5.41 Å². The summed E-state index contributed by atoms with van der Waals surface area (Å²) in [5.41, 5.74) is 2.81. The molecule has 28 heavy (non-hydrogen) atoms. The van der Waals surface area contributed by atoms with Gasteiger partial charge in [-0.2, -0.15) is 0 Å². The Morgan fingerprint density at radius 2 is 2.07 bits per heavy atom. The molecule has 1 spiro atoms. The van der Waals surface area contributed by atoms with Crippen LogP contribution in [0, 0.1) is 5.82 Å². The van der Waals surface area contributed by atoms with E-state index in [0.717, 1.165) is 50.2 Å². The van der Waals surface area contributed by atoms with Gasteiger partial charge in [0, 0.05) is 23.9 Å². The zero-order valence-corrected chi connectivity index (χ0v) is 16.2.